The van der Waals surface area contributed by atoms with Crippen molar-refractivity contribution in [3.63, 3.8) is 0 Å². The van der Waals surface area contributed by atoms with E-state index in [-0.39, 0.29) is 5.88 Å². The van der Waals surface area contributed by atoms with Crippen LogP contribution in [-0.2, 0) is 22.3 Å². The molecule has 1 aromatic rings. The van der Waals surface area contributed by atoms with E-state index in [1.165, 1.54) is 6.26 Å². The maximum absolute atomic E-state index is 11.4. The molecule has 0 aliphatic heterocycles. The molecule has 0 saturated heterocycles. The molecule has 86 valence electrons. The Morgan fingerprint density at radius 2 is 2.07 bits per heavy atom. The number of rotatable bonds is 4. The van der Waals surface area contributed by atoms with E-state index in [2.05, 4.69) is 10.2 Å². The van der Waals surface area contributed by atoms with Gasteiger partial charge in [0.15, 0.2) is 15.7 Å². The first kappa shape index (κ1) is 12.4. The molecule has 0 aromatic carbocycles. The van der Waals surface area contributed by atoms with Gasteiger partial charge in [0.2, 0.25) is 0 Å². The van der Waals surface area contributed by atoms with Gasteiger partial charge in [-0.05, 0) is 13.8 Å². The molecule has 1 heterocycles. The third-order valence-corrected chi connectivity index (χ3v) is 4.03. The molecule has 1 unspecified atom stereocenters. The fourth-order valence-electron chi connectivity index (χ4n) is 1.28. The first-order chi connectivity index (χ1) is 6.91. The van der Waals surface area contributed by atoms with E-state index in [1.54, 1.807) is 11.5 Å². The van der Waals surface area contributed by atoms with E-state index in [0.29, 0.717) is 18.2 Å². The van der Waals surface area contributed by atoms with Gasteiger partial charge < -0.3 is 4.57 Å². The van der Waals surface area contributed by atoms with Crippen LogP contribution >= 0.6 is 11.6 Å². The van der Waals surface area contributed by atoms with E-state index < -0.39 is 15.1 Å². The lowest BCUT2D eigenvalue weighted by molar-refractivity contribution is 0.581. The Morgan fingerprint density at radius 3 is 2.47 bits per heavy atom. The highest BCUT2D eigenvalue weighted by Gasteiger charge is 2.24. The Morgan fingerprint density at radius 1 is 1.47 bits per heavy atom. The highest BCUT2D eigenvalue weighted by atomic mass is 35.5. The maximum atomic E-state index is 11.4. The van der Waals surface area contributed by atoms with Gasteiger partial charge in [-0.25, -0.2) is 8.42 Å². The lowest BCUT2D eigenvalue weighted by Gasteiger charge is -2.10. The molecule has 0 spiro atoms. The van der Waals surface area contributed by atoms with Gasteiger partial charge in [-0.1, -0.05) is 0 Å². The van der Waals surface area contributed by atoms with E-state index in [9.17, 15) is 8.42 Å². The van der Waals surface area contributed by atoms with Crippen molar-refractivity contribution in [3.05, 3.63) is 11.6 Å². The van der Waals surface area contributed by atoms with Crippen LogP contribution in [0.4, 0.5) is 0 Å². The van der Waals surface area contributed by atoms with E-state index in [0.717, 1.165) is 0 Å². The minimum absolute atomic E-state index is 0.233. The van der Waals surface area contributed by atoms with Crippen molar-refractivity contribution in [2.45, 2.75) is 31.5 Å². The summed E-state index contributed by atoms with van der Waals surface area (Å²) in [5.74, 6) is 1.29. The van der Waals surface area contributed by atoms with E-state index in [4.69, 9.17) is 11.6 Å². The number of nitrogens with zero attached hydrogens (tertiary/aromatic N) is 3. The van der Waals surface area contributed by atoms with Crippen LogP contribution in [-0.4, -0.2) is 29.4 Å². The van der Waals surface area contributed by atoms with Crippen molar-refractivity contribution >= 4 is 21.4 Å². The average molecular weight is 252 g/mol. The van der Waals surface area contributed by atoms with Crippen LogP contribution in [0.15, 0.2) is 0 Å². The predicted octanol–water partition coefficient (Wildman–Crippen LogP) is 1.14. The van der Waals surface area contributed by atoms with Gasteiger partial charge in [-0.2, -0.15) is 0 Å². The Kier molecular flexibility index (Phi) is 3.72. The van der Waals surface area contributed by atoms with Gasteiger partial charge in [-0.3, -0.25) is 0 Å². The minimum Gasteiger partial charge on any atom is -0.313 e. The molecule has 15 heavy (non-hydrogen) atoms. The average Bonchev–Trinajstić information content (AvgIpc) is 2.57. The minimum atomic E-state index is -3.15. The Balaban J connectivity index is 3.21. The Bertz CT molecular complexity index is 441. The second-order valence-electron chi connectivity index (χ2n) is 3.32. The fourth-order valence-corrected chi connectivity index (χ4v) is 2.04. The molecule has 0 bridgehead atoms. The first-order valence-corrected chi connectivity index (χ1v) is 7.07. The van der Waals surface area contributed by atoms with Crippen molar-refractivity contribution in [1.29, 1.82) is 0 Å². The molecule has 0 aliphatic carbocycles. The van der Waals surface area contributed by atoms with Gasteiger partial charge in [0.05, 0.1) is 5.88 Å². The topological polar surface area (TPSA) is 64.8 Å². The zero-order chi connectivity index (χ0) is 11.6. The third-order valence-electron chi connectivity index (χ3n) is 2.30. The van der Waals surface area contributed by atoms with Crippen LogP contribution in [0, 0.1) is 0 Å². The highest BCUT2D eigenvalue weighted by Crippen LogP contribution is 2.20. The van der Waals surface area contributed by atoms with Crippen LogP contribution < -0.4 is 0 Å². The van der Waals surface area contributed by atoms with Gasteiger partial charge in [0.25, 0.3) is 0 Å². The first-order valence-electron chi connectivity index (χ1n) is 4.58. The summed E-state index contributed by atoms with van der Waals surface area (Å²) in [5.41, 5.74) is 0. The SMILES string of the molecule is CCn1c(CCl)nnc1C(C)S(C)(=O)=O. The number of alkyl halides is 1. The van der Waals surface area contributed by atoms with E-state index >= 15 is 0 Å². The molecule has 0 radical (unpaired) electrons. The number of hydrogen-bond acceptors (Lipinski definition) is 4. The molecule has 0 saturated carbocycles. The number of halogens is 1. The molecule has 0 N–H and O–H groups in total. The summed E-state index contributed by atoms with van der Waals surface area (Å²) in [6.45, 7) is 4.12. The van der Waals surface area contributed by atoms with Crippen molar-refractivity contribution < 1.29 is 8.42 Å². The van der Waals surface area contributed by atoms with Gasteiger partial charge >= 0.3 is 0 Å². The zero-order valence-electron chi connectivity index (χ0n) is 8.94. The standard InChI is InChI=1S/C8H14ClN3O2S/c1-4-12-7(5-9)10-11-8(12)6(2)15(3,13)14/h6H,4-5H2,1-3H3. The van der Waals surface area contributed by atoms with Crippen LogP contribution in [0.25, 0.3) is 0 Å². The molecule has 7 heteroatoms. The fraction of sp³-hybridized carbons (Fsp3) is 0.750. The Hall–Kier alpha value is -0.620. The molecule has 1 rings (SSSR count). The molecule has 1 aromatic heterocycles. The van der Waals surface area contributed by atoms with Gasteiger partial charge in [0, 0.05) is 12.8 Å². The van der Waals surface area contributed by atoms with Crippen LogP contribution in [0.3, 0.4) is 0 Å². The smallest absolute Gasteiger partial charge is 0.157 e. The molecule has 0 fully saturated rings. The summed E-state index contributed by atoms with van der Waals surface area (Å²) < 4.78 is 24.5. The number of sulfone groups is 1. The van der Waals surface area contributed by atoms with Crippen molar-refractivity contribution in [2.75, 3.05) is 6.26 Å². The Labute approximate surface area is 94.4 Å². The summed E-state index contributed by atoms with van der Waals surface area (Å²) in [4.78, 5) is 0. The predicted molar refractivity (Wildman–Crippen MR) is 58.5 cm³/mol. The van der Waals surface area contributed by atoms with Crippen LogP contribution in [0.2, 0.25) is 0 Å². The molecule has 0 amide bonds. The largest absolute Gasteiger partial charge is 0.313 e. The lowest BCUT2D eigenvalue weighted by Crippen LogP contribution is -2.14. The van der Waals surface area contributed by atoms with Crippen molar-refractivity contribution in [1.82, 2.24) is 14.8 Å². The van der Waals surface area contributed by atoms with Crippen molar-refractivity contribution in [2.24, 2.45) is 0 Å². The van der Waals surface area contributed by atoms with Crippen LogP contribution in [0.1, 0.15) is 30.7 Å². The second-order valence-corrected chi connectivity index (χ2v) is 5.96. The molecule has 0 aliphatic rings. The lowest BCUT2D eigenvalue weighted by atomic mass is 10.4. The highest BCUT2D eigenvalue weighted by molar-refractivity contribution is 7.90. The molecule has 5 nitrogen and oxygen atoms in total. The molecular formula is C8H14ClN3O2S. The summed E-state index contributed by atoms with van der Waals surface area (Å²) in [6.07, 6.45) is 1.19. The maximum Gasteiger partial charge on any atom is 0.157 e. The zero-order valence-corrected chi connectivity index (χ0v) is 10.5. The third kappa shape index (κ3) is 2.49. The van der Waals surface area contributed by atoms with Gasteiger partial charge in [0.1, 0.15) is 11.1 Å². The summed E-state index contributed by atoms with van der Waals surface area (Å²) in [6, 6.07) is 0. The number of hydrogen-bond donors (Lipinski definition) is 0. The summed E-state index contributed by atoms with van der Waals surface area (Å²) in [5, 5.41) is 7.08. The van der Waals surface area contributed by atoms with E-state index in [1.807, 2.05) is 6.92 Å². The second kappa shape index (κ2) is 4.49. The van der Waals surface area contributed by atoms with Crippen molar-refractivity contribution in [3.8, 4) is 0 Å². The van der Waals surface area contributed by atoms with Crippen LogP contribution in [0.5, 0.6) is 0 Å². The normalized spacial score (nSPS) is 14.1. The summed E-state index contributed by atoms with van der Waals surface area (Å²) in [7, 11) is -3.15. The van der Waals surface area contributed by atoms with Gasteiger partial charge in [-0.15, -0.1) is 21.8 Å². The molecular weight excluding hydrogens is 238 g/mol. The number of aromatic nitrogens is 3. The quantitative estimate of drug-likeness (QED) is 0.753. The monoisotopic (exact) mass is 251 g/mol. The summed E-state index contributed by atoms with van der Waals surface area (Å²) >= 11 is 5.67. The molecule has 1 atom stereocenters.